The van der Waals surface area contributed by atoms with Crippen LogP contribution in [0.2, 0.25) is 0 Å². The summed E-state index contributed by atoms with van der Waals surface area (Å²) in [7, 11) is 1.98. The van der Waals surface area contributed by atoms with Gasteiger partial charge in [-0.15, -0.1) is 0 Å². The molecule has 9 rings (SSSR count). The second kappa shape index (κ2) is 9.87. The number of benzene rings is 4. The molecule has 3 aromatic heterocycles. The fraction of sp³-hybridized carbons (Fsp3) is 0.0303. The number of fused-ring (bicyclic) bond motifs is 20. The first-order valence-corrected chi connectivity index (χ1v) is 14.1. The molecule has 2 aliphatic rings. The minimum absolute atomic E-state index is 0.564. The van der Waals surface area contributed by atoms with Crippen molar-refractivity contribution in [2.45, 2.75) is 0 Å². The molecule has 0 aliphatic carbocycles. The molecule has 10 heteroatoms. The Morgan fingerprint density at radius 2 is 0.791 bits per heavy atom. The molecular formula is C33H19N8OV-. The third-order valence-corrected chi connectivity index (χ3v) is 7.75. The van der Waals surface area contributed by atoms with E-state index in [1.54, 1.807) is 0 Å². The Bertz CT molecular complexity index is 2270. The van der Waals surface area contributed by atoms with Gasteiger partial charge in [0.25, 0.3) is 0 Å². The van der Waals surface area contributed by atoms with Crippen molar-refractivity contribution in [2.75, 3.05) is 0 Å². The Morgan fingerprint density at radius 3 is 1.19 bits per heavy atom. The van der Waals surface area contributed by atoms with Crippen molar-refractivity contribution >= 4 is 44.1 Å². The van der Waals surface area contributed by atoms with E-state index in [0.29, 0.717) is 34.6 Å². The first kappa shape index (κ1) is 25.3. The molecule has 0 radical (unpaired) electrons. The molecule has 203 valence electrons. The van der Waals surface area contributed by atoms with Crippen molar-refractivity contribution in [2.24, 2.45) is 7.05 Å². The number of aryl methyl sites for hydroxylation is 1. The molecule has 4 aromatic carbocycles. The Balaban J connectivity index is 0.00000136. The van der Waals surface area contributed by atoms with Gasteiger partial charge in [0.15, 0.2) is 11.6 Å². The standard InChI is InChI=1S/C33H19N8.O.V/c1-41-32-24-16-8-9-17-25(24)33(41)40-31-23-15-7-5-13-21(23)29(38-31)36-27-19-11-3-2-10-18(19)26(34-27)35-28-20-12-4-6-14-22(20)30(37-28)39-32;;/h2-17H,1H3;;/q-1;;. The van der Waals surface area contributed by atoms with Gasteiger partial charge in [0.1, 0.15) is 11.3 Å². The molecule has 5 heterocycles. The van der Waals surface area contributed by atoms with Crippen LogP contribution in [0.3, 0.4) is 0 Å². The van der Waals surface area contributed by atoms with Gasteiger partial charge in [0, 0.05) is 51.4 Å². The fourth-order valence-electron chi connectivity index (χ4n) is 5.80. The summed E-state index contributed by atoms with van der Waals surface area (Å²) in [6.07, 6.45) is 0. The zero-order valence-electron chi connectivity index (χ0n) is 22.7. The summed E-state index contributed by atoms with van der Waals surface area (Å²) in [6, 6.07) is 32.2. The normalized spacial score (nSPS) is 11.5. The van der Waals surface area contributed by atoms with E-state index in [-0.39, 0.29) is 0 Å². The Morgan fingerprint density at radius 1 is 0.465 bits per heavy atom. The van der Waals surface area contributed by atoms with E-state index >= 15 is 0 Å². The Hall–Kier alpha value is -5.38. The minimum atomic E-state index is 0.564. The van der Waals surface area contributed by atoms with Crippen molar-refractivity contribution in [3.63, 3.8) is 0 Å². The van der Waals surface area contributed by atoms with E-state index < -0.39 is 0 Å². The van der Waals surface area contributed by atoms with Crippen LogP contribution in [-0.4, -0.2) is 34.5 Å². The Labute approximate surface area is 253 Å². The first-order chi connectivity index (χ1) is 21.2. The number of hydrogen-bond donors (Lipinski definition) is 0. The van der Waals surface area contributed by atoms with Crippen molar-refractivity contribution in [3.8, 4) is 45.6 Å². The molecule has 2 aliphatic heterocycles. The summed E-state index contributed by atoms with van der Waals surface area (Å²) in [5, 5.41) is 3.77. The molecule has 7 aromatic rings. The van der Waals surface area contributed by atoms with Gasteiger partial charge in [0.05, 0.1) is 11.6 Å². The quantitative estimate of drug-likeness (QED) is 0.199. The van der Waals surface area contributed by atoms with Gasteiger partial charge in [-0.3, -0.25) is 0 Å². The molecule has 0 N–H and O–H groups in total. The van der Waals surface area contributed by atoms with Crippen LogP contribution in [0.4, 0.5) is 0 Å². The third-order valence-electron chi connectivity index (χ3n) is 7.75. The molecule has 0 amide bonds. The van der Waals surface area contributed by atoms with E-state index in [1.165, 1.54) is 0 Å². The van der Waals surface area contributed by atoms with Crippen molar-refractivity contribution in [1.29, 1.82) is 0 Å². The predicted octanol–water partition coefficient (Wildman–Crippen LogP) is 6.39. The van der Waals surface area contributed by atoms with Gasteiger partial charge in [0.2, 0.25) is 0 Å². The average Bonchev–Trinajstić information content (AvgIpc) is 3.77. The summed E-state index contributed by atoms with van der Waals surface area (Å²) in [4.78, 5) is 35.0. The van der Waals surface area contributed by atoms with Crippen LogP contribution in [0.15, 0.2) is 97.1 Å². The molecule has 0 unspecified atom stereocenters. The molecular weight excluding hydrogens is 575 g/mol. The van der Waals surface area contributed by atoms with Gasteiger partial charge in [-0.25, -0.2) is 19.9 Å². The first-order valence-electron chi connectivity index (χ1n) is 13.5. The molecule has 0 saturated heterocycles. The predicted molar refractivity (Wildman–Crippen MR) is 160 cm³/mol. The van der Waals surface area contributed by atoms with Crippen LogP contribution < -0.4 is 4.98 Å². The van der Waals surface area contributed by atoms with E-state index in [2.05, 4.69) is 12.1 Å². The number of hydrogen-bond acceptors (Lipinski definition) is 7. The second-order valence-corrected chi connectivity index (χ2v) is 10.1. The van der Waals surface area contributed by atoms with Gasteiger partial charge in [-0.05, 0) is 10.8 Å². The van der Waals surface area contributed by atoms with Gasteiger partial charge >= 0.3 is 21.0 Å². The van der Waals surface area contributed by atoms with Gasteiger partial charge < -0.3 is 19.5 Å². The van der Waals surface area contributed by atoms with Crippen LogP contribution in [0.5, 0.6) is 0 Å². The number of nitrogens with zero attached hydrogens (tertiary/aromatic N) is 8. The van der Waals surface area contributed by atoms with E-state index in [4.69, 9.17) is 38.6 Å². The second-order valence-electron chi connectivity index (χ2n) is 10.1. The molecule has 0 saturated carbocycles. The van der Waals surface area contributed by atoms with Crippen LogP contribution in [0.1, 0.15) is 0 Å². The van der Waals surface area contributed by atoms with Crippen LogP contribution in [-0.2, 0) is 28.1 Å². The summed E-state index contributed by atoms with van der Waals surface area (Å²) >= 11 is 1.06. The van der Waals surface area contributed by atoms with Crippen molar-refractivity contribution < 1.29 is 21.0 Å². The molecule has 8 bridgehead atoms. The SMILES string of the molecule is Cn1c2nc3nc(nc4[n-]c(nc5nc(nc1c1ccccc12)-c1ccccc1-5)c1ccccc41)-c1ccccc1-3.[O]=[V]. The maximum absolute atomic E-state index is 8.19. The third kappa shape index (κ3) is 3.86. The molecule has 43 heavy (non-hydrogen) atoms. The summed E-state index contributed by atoms with van der Waals surface area (Å²) in [5.74, 6) is 2.35. The van der Waals surface area contributed by atoms with E-state index in [9.17, 15) is 0 Å². The molecule has 0 spiro atoms. The number of aromatic nitrogens is 8. The zero-order chi connectivity index (χ0) is 29.1. The summed E-state index contributed by atoms with van der Waals surface area (Å²) < 4.78 is 10.2. The molecule has 0 atom stereocenters. The fourth-order valence-corrected chi connectivity index (χ4v) is 5.80. The van der Waals surface area contributed by atoms with E-state index in [1.807, 2.05) is 96.5 Å². The van der Waals surface area contributed by atoms with Gasteiger partial charge in [-0.2, -0.15) is 0 Å². The van der Waals surface area contributed by atoms with Crippen molar-refractivity contribution in [3.05, 3.63) is 97.1 Å². The zero-order valence-corrected chi connectivity index (χ0v) is 24.1. The topological polar surface area (TPSA) is 113 Å². The summed E-state index contributed by atoms with van der Waals surface area (Å²) in [6.45, 7) is 0. The van der Waals surface area contributed by atoms with Crippen molar-refractivity contribution in [1.82, 2.24) is 39.5 Å². The van der Waals surface area contributed by atoms with Crippen LogP contribution in [0, 0.1) is 0 Å². The average molecular weight is 595 g/mol. The van der Waals surface area contributed by atoms with E-state index in [0.717, 1.165) is 72.5 Å². The Kier molecular flexibility index (Phi) is 5.82. The number of rotatable bonds is 0. The van der Waals surface area contributed by atoms with Crippen LogP contribution in [0.25, 0.3) is 89.7 Å². The maximum atomic E-state index is 8.19. The molecule has 0 fully saturated rings. The monoisotopic (exact) mass is 594 g/mol. The van der Waals surface area contributed by atoms with Crippen LogP contribution >= 0.6 is 0 Å². The summed E-state index contributed by atoms with van der Waals surface area (Å²) in [5.41, 5.74) is 6.33. The molecule has 9 nitrogen and oxygen atoms in total. The van der Waals surface area contributed by atoms with Gasteiger partial charge in [-0.1, -0.05) is 97.1 Å².